The third-order valence-electron chi connectivity index (χ3n) is 2.56. The van der Waals surface area contributed by atoms with Gasteiger partial charge >= 0.3 is 0 Å². The molecule has 0 bridgehead atoms. The van der Waals surface area contributed by atoms with Crippen molar-refractivity contribution in [3.8, 4) is 17.2 Å². The van der Waals surface area contributed by atoms with Crippen LogP contribution in [0.3, 0.4) is 0 Å². The smallest absolute Gasteiger partial charge is 0.226 e. The number of methoxy groups -OCH3 is 1. The van der Waals surface area contributed by atoms with Gasteiger partial charge in [0, 0.05) is 18.6 Å². The monoisotopic (exact) mass is 233 g/mol. The molecule has 2 rings (SSSR count). The summed E-state index contributed by atoms with van der Waals surface area (Å²) in [6, 6.07) is 7.54. The van der Waals surface area contributed by atoms with E-state index in [1.165, 1.54) is 0 Å². The van der Waals surface area contributed by atoms with E-state index in [-0.39, 0.29) is 6.61 Å². The van der Waals surface area contributed by atoms with Crippen molar-refractivity contribution in [2.24, 2.45) is 0 Å². The second kappa shape index (κ2) is 5.01. The molecule has 1 aromatic carbocycles. The Morgan fingerprint density at radius 3 is 2.94 bits per heavy atom. The van der Waals surface area contributed by atoms with Gasteiger partial charge in [-0.15, -0.1) is 0 Å². The lowest BCUT2D eigenvalue weighted by atomic mass is 10.2. The van der Waals surface area contributed by atoms with E-state index in [1.54, 1.807) is 7.11 Å². The Balaban J connectivity index is 2.35. The summed E-state index contributed by atoms with van der Waals surface area (Å²) in [4.78, 5) is 4.36. The number of nitrogens with zero attached hydrogens (tertiary/aromatic N) is 1. The number of rotatable bonds is 4. The Morgan fingerprint density at radius 2 is 2.24 bits per heavy atom. The standard InChI is InChI=1S/C13H15NO3/c1-9-12(6-7-15)14-13(17-9)10-4-3-5-11(8-10)16-2/h3-5,8,15H,6-7H2,1-2H3. The third-order valence-corrected chi connectivity index (χ3v) is 2.56. The van der Waals surface area contributed by atoms with Gasteiger partial charge in [-0.05, 0) is 25.1 Å². The minimum absolute atomic E-state index is 0.0743. The molecule has 0 saturated carbocycles. The molecule has 0 radical (unpaired) electrons. The average Bonchev–Trinajstić information content (AvgIpc) is 2.72. The summed E-state index contributed by atoms with van der Waals surface area (Å²) in [6.07, 6.45) is 0.513. The number of oxazole rings is 1. The predicted octanol–water partition coefficient (Wildman–Crippen LogP) is 2.19. The van der Waals surface area contributed by atoms with Crippen LogP contribution in [-0.2, 0) is 6.42 Å². The van der Waals surface area contributed by atoms with Crippen molar-refractivity contribution >= 4 is 0 Å². The molecule has 0 amide bonds. The Labute approximate surface area is 99.9 Å². The van der Waals surface area contributed by atoms with Gasteiger partial charge in [0.2, 0.25) is 5.89 Å². The van der Waals surface area contributed by atoms with Gasteiger partial charge in [0.25, 0.3) is 0 Å². The van der Waals surface area contributed by atoms with Gasteiger partial charge in [-0.3, -0.25) is 0 Å². The second-order valence-electron chi connectivity index (χ2n) is 3.73. The maximum atomic E-state index is 8.90. The van der Waals surface area contributed by atoms with E-state index in [9.17, 15) is 0 Å². The summed E-state index contributed by atoms with van der Waals surface area (Å²) in [5.74, 6) is 2.07. The van der Waals surface area contributed by atoms with Crippen LogP contribution in [0.15, 0.2) is 28.7 Å². The number of benzene rings is 1. The van der Waals surface area contributed by atoms with Gasteiger partial charge in [-0.25, -0.2) is 4.98 Å². The quantitative estimate of drug-likeness (QED) is 0.879. The summed E-state index contributed by atoms with van der Waals surface area (Å²) in [7, 11) is 1.62. The molecule has 2 aromatic rings. The number of aryl methyl sites for hydroxylation is 1. The predicted molar refractivity (Wildman–Crippen MR) is 64.0 cm³/mol. The highest BCUT2D eigenvalue weighted by Crippen LogP contribution is 2.25. The van der Waals surface area contributed by atoms with Crippen LogP contribution < -0.4 is 4.74 Å². The van der Waals surface area contributed by atoms with Crippen molar-refractivity contribution < 1.29 is 14.3 Å². The third kappa shape index (κ3) is 2.47. The van der Waals surface area contributed by atoms with Crippen LogP contribution in [0.5, 0.6) is 5.75 Å². The maximum Gasteiger partial charge on any atom is 0.226 e. The number of ether oxygens (including phenoxy) is 1. The van der Waals surface area contributed by atoms with Crippen molar-refractivity contribution in [2.75, 3.05) is 13.7 Å². The van der Waals surface area contributed by atoms with Crippen LogP contribution in [0, 0.1) is 6.92 Å². The van der Waals surface area contributed by atoms with Gasteiger partial charge in [-0.1, -0.05) is 6.07 Å². The molecule has 1 N–H and O–H groups in total. The first kappa shape index (κ1) is 11.7. The molecule has 90 valence electrons. The van der Waals surface area contributed by atoms with Gasteiger partial charge in [0.05, 0.1) is 12.8 Å². The van der Waals surface area contributed by atoms with E-state index >= 15 is 0 Å². The van der Waals surface area contributed by atoms with Crippen molar-refractivity contribution in [3.05, 3.63) is 35.7 Å². The van der Waals surface area contributed by atoms with Gasteiger partial charge < -0.3 is 14.3 Å². The van der Waals surface area contributed by atoms with Crippen molar-refractivity contribution in [3.63, 3.8) is 0 Å². The molecule has 0 spiro atoms. The zero-order chi connectivity index (χ0) is 12.3. The van der Waals surface area contributed by atoms with Crippen LogP contribution in [0.2, 0.25) is 0 Å². The average molecular weight is 233 g/mol. The molecule has 0 aliphatic heterocycles. The fourth-order valence-corrected chi connectivity index (χ4v) is 1.65. The molecule has 0 atom stereocenters. The lowest BCUT2D eigenvalue weighted by Crippen LogP contribution is -1.92. The highest BCUT2D eigenvalue weighted by atomic mass is 16.5. The summed E-state index contributed by atoms with van der Waals surface area (Å²) < 4.78 is 10.7. The number of aliphatic hydroxyl groups excluding tert-OH is 1. The van der Waals surface area contributed by atoms with Crippen LogP contribution >= 0.6 is 0 Å². The van der Waals surface area contributed by atoms with E-state index in [2.05, 4.69) is 4.98 Å². The van der Waals surface area contributed by atoms with Crippen LogP contribution in [-0.4, -0.2) is 23.8 Å². The molecular weight excluding hydrogens is 218 g/mol. The summed E-state index contributed by atoms with van der Waals surface area (Å²) in [5, 5.41) is 8.90. The Morgan fingerprint density at radius 1 is 1.41 bits per heavy atom. The number of aliphatic hydroxyl groups is 1. The molecule has 1 aromatic heterocycles. The first-order valence-electron chi connectivity index (χ1n) is 5.46. The lowest BCUT2D eigenvalue weighted by Gasteiger charge is -2.00. The van der Waals surface area contributed by atoms with Crippen molar-refractivity contribution in [2.45, 2.75) is 13.3 Å². The lowest BCUT2D eigenvalue weighted by molar-refractivity contribution is 0.297. The van der Waals surface area contributed by atoms with E-state index in [4.69, 9.17) is 14.3 Å². The zero-order valence-corrected chi connectivity index (χ0v) is 9.93. The minimum atomic E-state index is 0.0743. The van der Waals surface area contributed by atoms with Crippen molar-refractivity contribution in [1.82, 2.24) is 4.98 Å². The highest BCUT2D eigenvalue weighted by Gasteiger charge is 2.11. The second-order valence-corrected chi connectivity index (χ2v) is 3.73. The van der Waals surface area contributed by atoms with E-state index in [0.717, 1.165) is 22.8 Å². The van der Waals surface area contributed by atoms with Gasteiger partial charge in [-0.2, -0.15) is 0 Å². The van der Waals surface area contributed by atoms with E-state index in [0.29, 0.717) is 12.3 Å². The van der Waals surface area contributed by atoms with Gasteiger partial charge in [0.1, 0.15) is 11.5 Å². The minimum Gasteiger partial charge on any atom is -0.497 e. The number of aromatic nitrogens is 1. The molecule has 1 heterocycles. The number of hydrogen-bond acceptors (Lipinski definition) is 4. The molecule has 17 heavy (non-hydrogen) atoms. The highest BCUT2D eigenvalue weighted by molar-refractivity contribution is 5.56. The zero-order valence-electron chi connectivity index (χ0n) is 9.93. The fourth-order valence-electron chi connectivity index (χ4n) is 1.65. The summed E-state index contributed by atoms with van der Waals surface area (Å²) >= 11 is 0. The molecule has 0 fully saturated rings. The number of hydrogen-bond donors (Lipinski definition) is 1. The maximum absolute atomic E-state index is 8.90. The summed E-state index contributed by atoms with van der Waals surface area (Å²) in [5.41, 5.74) is 1.67. The molecular formula is C13H15NO3. The molecule has 0 saturated heterocycles. The first-order valence-corrected chi connectivity index (χ1v) is 5.46. The Hall–Kier alpha value is -1.81. The van der Waals surface area contributed by atoms with Gasteiger partial charge in [0.15, 0.2) is 0 Å². The molecule has 0 unspecified atom stereocenters. The summed E-state index contributed by atoms with van der Waals surface area (Å²) in [6.45, 7) is 1.92. The molecule has 0 aliphatic rings. The first-order chi connectivity index (χ1) is 8.24. The molecule has 4 heteroatoms. The van der Waals surface area contributed by atoms with Crippen LogP contribution in [0.4, 0.5) is 0 Å². The SMILES string of the molecule is COc1cccc(-c2nc(CCO)c(C)o2)c1. The van der Waals surface area contributed by atoms with Crippen LogP contribution in [0.1, 0.15) is 11.5 Å². The Kier molecular flexibility index (Phi) is 3.44. The largest absolute Gasteiger partial charge is 0.497 e. The van der Waals surface area contributed by atoms with E-state index < -0.39 is 0 Å². The Bertz CT molecular complexity index is 505. The van der Waals surface area contributed by atoms with Crippen molar-refractivity contribution in [1.29, 1.82) is 0 Å². The fraction of sp³-hybridized carbons (Fsp3) is 0.308. The molecule has 4 nitrogen and oxygen atoms in total. The van der Waals surface area contributed by atoms with E-state index in [1.807, 2.05) is 31.2 Å². The normalized spacial score (nSPS) is 10.5. The molecule has 0 aliphatic carbocycles. The van der Waals surface area contributed by atoms with Crippen LogP contribution in [0.25, 0.3) is 11.5 Å². The topological polar surface area (TPSA) is 55.5 Å².